The molecule has 4 bridgehead atoms. The number of benzene rings is 1. The molecule has 1 aromatic rings. The summed E-state index contributed by atoms with van der Waals surface area (Å²) >= 11 is 6.58. The normalized spacial score (nSPS) is 34.9. The van der Waals surface area contributed by atoms with E-state index >= 15 is 0 Å². The summed E-state index contributed by atoms with van der Waals surface area (Å²) in [7, 11) is 4.73. The number of allylic oxidation sites excluding steroid dienone is 3. The average Bonchev–Trinajstić information content (AvgIpc) is 3.63. The minimum absolute atomic E-state index is 0.0956. The van der Waals surface area contributed by atoms with Gasteiger partial charge in [0.1, 0.15) is 23.0 Å². The number of amides is 2. The van der Waals surface area contributed by atoms with Crippen molar-refractivity contribution in [1.82, 2.24) is 5.32 Å². The highest BCUT2D eigenvalue weighted by molar-refractivity contribution is 6.35. The van der Waals surface area contributed by atoms with Crippen molar-refractivity contribution in [2.24, 2.45) is 5.92 Å². The van der Waals surface area contributed by atoms with Gasteiger partial charge in [-0.15, -0.1) is 0 Å². The van der Waals surface area contributed by atoms with Gasteiger partial charge in [-0.25, -0.2) is 4.79 Å². The zero-order valence-corrected chi connectivity index (χ0v) is 22.6. The predicted molar refractivity (Wildman–Crippen MR) is 139 cm³/mol. The molecule has 9 nitrogen and oxygen atoms in total. The van der Waals surface area contributed by atoms with Crippen molar-refractivity contribution in [2.75, 3.05) is 26.2 Å². The first kappa shape index (κ1) is 27.4. The molecule has 4 rings (SSSR count). The molecule has 202 valence electrons. The highest BCUT2D eigenvalue weighted by Crippen LogP contribution is 2.40. The summed E-state index contributed by atoms with van der Waals surface area (Å²) in [5.41, 5.74) is 0.875. The third-order valence-corrected chi connectivity index (χ3v) is 7.75. The maximum atomic E-state index is 13.1. The number of fused-ring (bicyclic) bond motifs is 5. The monoisotopic (exact) mass is 534 g/mol. The third-order valence-electron chi connectivity index (χ3n) is 7.37. The molecule has 0 radical (unpaired) electrons. The van der Waals surface area contributed by atoms with Crippen LogP contribution in [0.15, 0.2) is 35.9 Å². The molecule has 3 aliphatic rings. The fourth-order valence-corrected chi connectivity index (χ4v) is 5.43. The molecule has 0 unspecified atom stereocenters. The molecule has 37 heavy (non-hydrogen) atoms. The number of ether oxygens (including phenoxy) is 4. The molecule has 2 N–H and O–H groups in total. The summed E-state index contributed by atoms with van der Waals surface area (Å²) in [4.78, 5) is 27.0. The first-order valence-electron chi connectivity index (χ1n) is 12.4. The molecule has 0 saturated carbocycles. The lowest BCUT2D eigenvalue weighted by Gasteiger charge is -2.41. The Hall–Kier alpha value is -2.59. The molecule has 2 amide bonds. The number of aliphatic hydroxyl groups is 1. The molecule has 2 saturated heterocycles. The number of hydrogen-bond acceptors (Lipinski definition) is 7. The van der Waals surface area contributed by atoms with E-state index in [9.17, 15) is 14.7 Å². The van der Waals surface area contributed by atoms with Crippen molar-refractivity contribution >= 4 is 29.3 Å². The number of methoxy groups -OCH3 is 2. The molecule has 0 spiro atoms. The van der Waals surface area contributed by atoms with Gasteiger partial charge in [-0.05, 0) is 37.5 Å². The van der Waals surface area contributed by atoms with E-state index < -0.39 is 24.0 Å². The Morgan fingerprint density at radius 3 is 2.70 bits per heavy atom. The predicted octanol–water partition coefficient (Wildman–Crippen LogP) is 3.76. The van der Waals surface area contributed by atoms with Gasteiger partial charge in [0.2, 0.25) is 5.91 Å². The van der Waals surface area contributed by atoms with E-state index in [4.69, 9.17) is 30.5 Å². The zero-order valence-electron chi connectivity index (χ0n) is 21.8. The van der Waals surface area contributed by atoms with Crippen LogP contribution in [0.2, 0.25) is 5.02 Å². The Morgan fingerprint density at radius 2 is 2.00 bits per heavy atom. The average molecular weight is 535 g/mol. The molecular formula is C27H35ClN2O7. The van der Waals surface area contributed by atoms with E-state index in [1.54, 1.807) is 31.2 Å². The first-order valence-corrected chi connectivity index (χ1v) is 12.8. The van der Waals surface area contributed by atoms with Crippen molar-refractivity contribution in [2.45, 2.75) is 69.7 Å². The Labute approximate surface area is 222 Å². The lowest BCUT2D eigenvalue weighted by molar-refractivity contribution is -0.142. The fraction of sp³-hybridized carbons (Fsp3) is 0.556. The first-order chi connectivity index (χ1) is 17.6. The number of halogens is 1. The van der Waals surface area contributed by atoms with Crippen LogP contribution in [0.4, 0.5) is 10.5 Å². The summed E-state index contributed by atoms with van der Waals surface area (Å²) in [5.74, 6) is 0.213. The Bertz CT molecular complexity index is 1110. The minimum Gasteiger partial charge on any atom is -0.495 e. The van der Waals surface area contributed by atoms with E-state index in [2.05, 4.69) is 5.32 Å². The quantitative estimate of drug-likeness (QED) is 0.556. The van der Waals surface area contributed by atoms with Gasteiger partial charge in [0.25, 0.3) is 0 Å². The van der Waals surface area contributed by atoms with Crippen molar-refractivity contribution in [3.8, 4) is 5.75 Å². The maximum absolute atomic E-state index is 13.1. The number of hydrogen-bond donors (Lipinski definition) is 2. The van der Waals surface area contributed by atoms with E-state index in [-0.39, 0.29) is 36.9 Å². The number of anilines is 1. The molecule has 2 fully saturated rings. The number of nitrogens with zero attached hydrogens (tertiary/aromatic N) is 1. The van der Waals surface area contributed by atoms with Crippen LogP contribution in [-0.4, -0.2) is 68.5 Å². The van der Waals surface area contributed by atoms with Crippen LogP contribution in [0.3, 0.4) is 0 Å². The zero-order chi connectivity index (χ0) is 26.9. The SMILES string of the molecule is COc1cc2cc(c1Cl)N(C)C(=O)CC[C@@H]1O[C@H]1[C@H](C)[C@@H]1C[C@@](O)(NC(=O)O1)[C@H](OC)/C=C/C=C(\C)C2. The number of nitrogens with one attached hydrogen (secondary N) is 1. The van der Waals surface area contributed by atoms with Crippen LogP contribution in [0, 0.1) is 5.92 Å². The van der Waals surface area contributed by atoms with Gasteiger partial charge in [0, 0.05) is 32.9 Å². The number of carbonyl (C=O) groups is 2. The number of carbonyl (C=O) groups excluding carboxylic acids is 2. The molecule has 3 aliphatic heterocycles. The topological polar surface area (TPSA) is 110 Å². The van der Waals surface area contributed by atoms with E-state index in [0.29, 0.717) is 29.3 Å². The van der Waals surface area contributed by atoms with Gasteiger partial charge in [0.15, 0.2) is 5.72 Å². The van der Waals surface area contributed by atoms with Crippen LogP contribution < -0.4 is 15.0 Å². The van der Waals surface area contributed by atoms with Gasteiger partial charge in [0.05, 0.1) is 25.0 Å². The minimum atomic E-state index is -1.65. The molecule has 0 aliphatic carbocycles. The molecular weight excluding hydrogens is 500 g/mol. The molecule has 6 atom stereocenters. The van der Waals surface area contributed by atoms with Gasteiger partial charge >= 0.3 is 6.09 Å². The summed E-state index contributed by atoms with van der Waals surface area (Å²) in [5, 5.41) is 14.3. The van der Waals surface area contributed by atoms with Gasteiger partial charge in [-0.3, -0.25) is 10.1 Å². The third kappa shape index (κ3) is 5.95. The smallest absolute Gasteiger partial charge is 0.409 e. The van der Waals surface area contributed by atoms with Crippen LogP contribution >= 0.6 is 11.6 Å². The lowest BCUT2D eigenvalue weighted by atomic mass is 9.87. The maximum Gasteiger partial charge on any atom is 0.409 e. The fourth-order valence-electron chi connectivity index (χ4n) is 5.12. The number of alkyl carbamates (subject to hydrolysis) is 1. The summed E-state index contributed by atoms with van der Waals surface area (Å²) in [6.07, 6.45) is 4.48. The van der Waals surface area contributed by atoms with Gasteiger partial charge in [-0.2, -0.15) is 0 Å². The van der Waals surface area contributed by atoms with Gasteiger partial charge < -0.3 is 29.0 Å². The van der Waals surface area contributed by atoms with E-state index in [1.165, 1.54) is 7.11 Å². The summed E-state index contributed by atoms with van der Waals surface area (Å²) < 4.78 is 22.4. The van der Waals surface area contributed by atoms with Crippen LogP contribution in [0.25, 0.3) is 0 Å². The molecule has 1 aromatic carbocycles. The van der Waals surface area contributed by atoms with Crippen LogP contribution in [-0.2, 0) is 25.4 Å². The van der Waals surface area contributed by atoms with E-state index in [1.807, 2.05) is 32.1 Å². The molecule has 10 heteroatoms. The van der Waals surface area contributed by atoms with E-state index in [0.717, 1.165) is 11.1 Å². The summed E-state index contributed by atoms with van der Waals surface area (Å²) in [6, 6.07) is 3.75. The largest absolute Gasteiger partial charge is 0.495 e. The Balaban J connectivity index is 1.68. The Morgan fingerprint density at radius 1 is 1.24 bits per heavy atom. The van der Waals surface area contributed by atoms with Crippen LogP contribution in [0.5, 0.6) is 5.75 Å². The standard InChI is InChI=1S/C27H35ClN2O7/c1-15-7-6-8-22(35-5)27(33)14-21(37-26(32)29-27)16(2)25-19(36-25)9-10-23(31)30(3)18-12-17(11-15)13-20(34-4)24(18)28/h6-8,12-13,16,19,21-22,25,33H,9-11,14H2,1-5H3,(H,29,32)/b8-6+,15-7+/t16-,19+,21+,22-,25+,27+/m1/s1. The van der Waals surface area contributed by atoms with Gasteiger partial charge in [-0.1, -0.05) is 42.3 Å². The molecule has 3 heterocycles. The number of epoxide rings is 1. The highest BCUT2D eigenvalue weighted by atomic mass is 35.5. The Kier molecular flexibility index (Phi) is 8.18. The van der Waals surface area contributed by atoms with Crippen molar-refractivity contribution in [3.63, 3.8) is 0 Å². The molecule has 0 aromatic heterocycles. The summed E-state index contributed by atoms with van der Waals surface area (Å²) in [6.45, 7) is 3.89. The lowest BCUT2D eigenvalue weighted by Crippen LogP contribution is -2.63. The number of rotatable bonds is 2. The second kappa shape index (κ2) is 11.0. The second-order valence-electron chi connectivity index (χ2n) is 10.0. The van der Waals surface area contributed by atoms with Crippen molar-refractivity contribution in [1.29, 1.82) is 0 Å². The van der Waals surface area contributed by atoms with Crippen LogP contribution in [0.1, 0.15) is 38.7 Å². The van der Waals surface area contributed by atoms with Crippen molar-refractivity contribution < 1.29 is 33.6 Å². The second-order valence-corrected chi connectivity index (χ2v) is 10.4. The van der Waals surface area contributed by atoms with Crippen molar-refractivity contribution in [3.05, 3.63) is 46.5 Å². The highest BCUT2D eigenvalue weighted by Gasteiger charge is 2.52.